The Morgan fingerprint density at radius 3 is 2.94 bits per heavy atom. The molecule has 1 aliphatic heterocycles. The Balaban J connectivity index is 2.17. The molecule has 4 nitrogen and oxygen atoms in total. The van der Waals surface area contributed by atoms with Gasteiger partial charge in [0.1, 0.15) is 0 Å². The molecule has 0 saturated heterocycles. The maximum atomic E-state index is 12.1. The van der Waals surface area contributed by atoms with Crippen molar-refractivity contribution in [2.75, 3.05) is 11.9 Å². The lowest BCUT2D eigenvalue weighted by Gasteiger charge is -2.07. The van der Waals surface area contributed by atoms with Crippen LogP contribution in [0.1, 0.15) is 32.3 Å². The van der Waals surface area contributed by atoms with Crippen LogP contribution >= 0.6 is 0 Å². The third kappa shape index (κ3) is 2.84. The highest BCUT2D eigenvalue weighted by atomic mass is 32.2. The molecule has 0 spiro atoms. The average molecular weight is 268 g/mol. The fraction of sp³-hybridized carbons (Fsp3) is 0.538. The van der Waals surface area contributed by atoms with Crippen molar-refractivity contribution < 1.29 is 8.42 Å². The number of nitrogens with one attached hydrogen (secondary N) is 2. The predicted molar refractivity (Wildman–Crippen MR) is 73.3 cm³/mol. The number of sulfonamides is 1. The van der Waals surface area contributed by atoms with Gasteiger partial charge in [-0.1, -0.05) is 13.3 Å². The van der Waals surface area contributed by atoms with E-state index in [1.54, 1.807) is 12.1 Å². The Labute approximate surface area is 109 Å². The van der Waals surface area contributed by atoms with Gasteiger partial charge in [-0.05, 0) is 43.5 Å². The summed E-state index contributed by atoms with van der Waals surface area (Å²) < 4.78 is 26.7. The van der Waals surface area contributed by atoms with Crippen molar-refractivity contribution in [3.05, 3.63) is 23.8 Å². The Morgan fingerprint density at radius 1 is 1.44 bits per heavy atom. The Morgan fingerprint density at radius 2 is 2.22 bits per heavy atom. The Bertz CT molecular complexity index is 526. The van der Waals surface area contributed by atoms with E-state index < -0.39 is 10.0 Å². The maximum Gasteiger partial charge on any atom is 0.240 e. The third-order valence-electron chi connectivity index (χ3n) is 3.14. The highest BCUT2D eigenvalue weighted by Gasteiger charge is 2.20. The lowest BCUT2D eigenvalue weighted by Crippen LogP contribution is -2.24. The second-order valence-electron chi connectivity index (χ2n) is 4.82. The second-order valence-corrected chi connectivity index (χ2v) is 6.59. The minimum absolute atomic E-state index is 0.369. The van der Waals surface area contributed by atoms with Gasteiger partial charge >= 0.3 is 0 Å². The molecule has 0 bridgehead atoms. The summed E-state index contributed by atoms with van der Waals surface area (Å²) in [5.74, 6) is 0. The normalized spacial score (nSPS) is 18.4. The van der Waals surface area contributed by atoms with Crippen LogP contribution in [0.3, 0.4) is 0 Å². The standard InChI is InChI=1S/C13H20N2O2S/c1-3-4-7-14-18(16,17)12-5-6-13-11(9-12)8-10(2)15-13/h5-6,9-10,14-15H,3-4,7-8H2,1-2H3. The van der Waals surface area contributed by atoms with Crippen LogP contribution in [0.5, 0.6) is 0 Å². The number of anilines is 1. The van der Waals surface area contributed by atoms with E-state index in [4.69, 9.17) is 0 Å². The van der Waals surface area contributed by atoms with E-state index in [0.29, 0.717) is 17.5 Å². The zero-order chi connectivity index (χ0) is 13.2. The summed E-state index contributed by atoms with van der Waals surface area (Å²) in [5.41, 5.74) is 2.14. The van der Waals surface area contributed by atoms with Gasteiger partial charge in [0.25, 0.3) is 0 Å². The fourth-order valence-electron chi connectivity index (χ4n) is 2.16. The molecule has 0 aromatic heterocycles. The van der Waals surface area contributed by atoms with Gasteiger partial charge in [-0.15, -0.1) is 0 Å². The van der Waals surface area contributed by atoms with E-state index in [1.807, 2.05) is 13.0 Å². The van der Waals surface area contributed by atoms with Crippen LogP contribution in [0.2, 0.25) is 0 Å². The summed E-state index contributed by atoms with van der Waals surface area (Å²) in [6.07, 6.45) is 2.73. The van der Waals surface area contributed by atoms with Crippen molar-refractivity contribution in [2.45, 2.75) is 44.0 Å². The molecule has 18 heavy (non-hydrogen) atoms. The molecule has 0 amide bonds. The van der Waals surface area contributed by atoms with Gasteiger partial charge in [0.2, 0.25) is 10.0 Å². The van der Waals surface area contributed by atoms with E-state index in [9.17, 15) is 8.42 Å². The van der Waals surface area contributed by atoms with Crippen molar-refractivity contribution >= 4 is 15.7 Å². The predicted octanol–water partition coefficient (Wildman–Crippen LogP) is 2.12. The summed E-state index contributed by atoms with van der Waals surface area (Å²) >= 11 is 0. The first-order valence-corrected chi connectivity index (χ1v) is 7.90. The van der Waals surface area contributed by atoms with E-state index >= 15 is 0 Å². The van der Waals surface area contributed by atoms with Crippen molar-refractivity contribution in [1.29, 1.82) is 0 Å². The largest absolute Gasteiger partial charge is 0.382 e. The van der Waals surface area contributed by atoms with Gasteiger partial charge < -0.3 is 5.32 Å². The van der Waals surface area contributed by atoms with Gasteiger partial charge in [0, 0.05) is 18.3 Å². The van der Waals surface area contributed by atoms with Crippen LogP contribution in [0.4, 0.5) is 5.69 Å². The van der Waals surface area contributed by atoms with E-state index in [2.05, 4.69) is 17.0 Å². The number of fused-ring (bicyclic) bond motifs is 1. The molecule has 1 aromatic rings. The molecule has 0 fully saturated rings. The van der Waals surface area contributed by atoms with Crippen LogP contribution in [-0.4, -0.2) is 21.0 Å². The molecular formula is C13H20N2O2S. The number of hydrogen-bond acceptors (Lipinski definition) is 3. The van der Waals surface area contributed by atoms with Crippen molar-refractivity contribution in [3.63, 3.8) is 0 Å². The first kappa shape index (κ1) is 13.4. The Kier molecular flexibility index (Phi) is 3.92. The lowest BCUT2D eigenvalue weighted by atomic mass is 10.1. The van der Waals surface area contributed by atoms with Gasteiger partial charge in [-0.2, -0.15) is 0 Å². The molecule has 1 heterocycles. The smallest absolute Gasteiger partial charge is 0.240 e. The molecule has 2 rings (SSSR count). The second kappa shape index (κ2) is 5.28. The molecule has 1 aliphatic rings. The highest BCUT2D eigenvalue weighted by molar-refractivity contribution is 7.89. The summed E-state index contributed by atoms with van der Waals surface area (Å²) in [6.45, 7) is 4.63. The highest BCUT2D eigenvalue weighted by Crippen LogP contribution is 2.27. The maximum absolute atomic E-state index is 12.1. The van der Waals surface area contributed by atoms with Crippen molar-refractivity contribution in [3.8, 4) is 0 Å². The molecule has 0 aliphatic carbocycles. The number of unbranched alkanes of at least 4 members (excludes halogenated alkanes) is 1. The zero-order valence-electron chi connectivity index (χ0n) is 10.9. The summed E-state index contributed by atoms with van der Waals surface area (Å²) in [6, 6.07) is 5.68. The topological polar surface area (TPSA) is 58.2 Å². The monoisotopic (exact) mass is 268 g/mol. The number of rotatable bonds is 5. The van der Waals surface area contributed by atoms with E-state index in [0.717, 1.165) is 30.5 Å². The summed E-state index contributed by atoms with van der Waals surface area (Å²) in [4.78, 5) is 0.369. The molecule has 0 radical (unpaired) electrons. The van der Waals surface area contributed by atoms with Crippen LogP contribution in [0.25, 0.3) is 0 Å². The quantitative estimate of drug-likeness (QED) is 0.804. The number of benzene rings is 1. The average Bonchev–Trinajstić information content (AvgIpc) is 2.68. The van der Waals surface area contributed by atoms with Gasteiger partial charge in [0.05, 0.1) is 4.90 Å². The zero-order valence-corrected chi connectivity index (χ0v) is 11.7. The number of hydrogen-bond donors (Lipinski definition) is 2. The van der Waals surface area contributed by atoms with Crippen molar-refractivity contribution in [1.82, 2.24) is 4.72 Å². The molecule has 100 valence electrons. The molecule has 1 aromatic carbocycles. The third-order valence-corrected chi connectivity index (χ3v) is 4.60. The van der Waals surface area contributed by atoms with Gasteiger partial charge in [-0.3, -0.25) is 0 Å². The van der Waals surface area contributed by atoms with Crippen molar-refractivity contribution in [2.24, 2.45) is 0 Å². The SMILES string of the molecule is CCCCNS(=O)(=O)c1ccc2c(c1)CC(C)N2. The lowest BCUT2D eigenvalue weighted by molar-refractivity contribution is 0.578. The molecular weight excluding hydrogens is 248 g/mol. The first-order chi connectivity index (χ1) is 8.53. The van der Waals surface area contributed by atoms with Crippen LogP contribution < -0.4 is 10.0 Å². The minimum atomic E-state index is -3.35. The molecule has 2 N–H and O–H groups in total. The molecule has 1 atom stereocenters. The molecule has 5 heteroatoms. The minimum Gasteiger partial charge on any atom is -0.382 e. The van der Waals surface area contributed by atoms with Gasteiger partial charge in [-0.25, -0.2) is 13.1 Å². The van der Waals surface area contributed by atoms with Crippen LogP contribution in [-0.2, 0) is 16.4 Å². The Hall–Kier alpha value is -1.07. The summed E-state index contributed by atoms with van der Waals surface area (Å²) in [7, 11) is -3.35. The summed E-state index contributed by atoms with van der Waals surface area (Å²) in [5, 5.41) is 3.31. The fourth-order valence-corrected chi connectivity index (χ4v) is 3.28. The van der Waals surface area contributed by atoms with E-state index in [1.165, 1.54) is 0 Å². The van der Waals surface area contributed by atoms with Crippen LogP contribution in [0.15, 0.2) is 23.1 Å². The van der Waals surface area contributed by atoms with Crippen LogP contribution in [0, 0.1) is 0 Å². The molecule has 1 unspecified atom stereocenters. The molecule has 0 saturated carbocycles. The first-order valence-electron chi connectivity index (χ1n) is 6.42. The van der Waals surface area contributed by atoms with E-state index in [-0.39, 0.29) is 0 Å². The van der Waals surface area contributed by atoms with Gasteiger partial charge in [0.15, 0.2) is 0 Å².